The third-order valence-corrected chi connectivity index (χ3v) is 4.72. The van der Waals surface area contributed by atoms with E-state index >= 15 is 0 Å². The summed E-state index contributed by atoms with van der Waals surface area (Å²) >= 11 is 5.99. The first-order valence-electron chi connectivity index (χ1n) is 8.63. The molecule has 2 heterocycles. The number of imidazole rings is 1. The number of nitrogens with one attached hydrogen (secondary N) is 1. The second-order valence-electron chi connectivity index (χ2n) is 6.59. The molecule has 5 heteroatoms. The molecule has 0 atom stereocenters. The first-order valence-corrected chi connectivity index (χ1v) is 9.01. The Hall–Kier alpha value is -3.11. The maximum atomic E-state index is 12.6. The zero-order valence-electron chi connectivity index (χ0n) is 15.0. The van der Waals surface area contributed by atoms with Crippen molar-refractivity contribution in [1.82, 2.24) is 9.38 Å². The maximum Gasteiger partial charge on any atom is 0.255 e. The first kappa shape index (κ1) is 17.3. The molecule has 0 saturated heterocycles. The van der Waals surface area contributed by atoms with E-state index in [1.54, 1.807) is 24.3 Å². The van der Waals surface area contributed by atoms with E-state index in [1.807, 2.05) is 61.0 Å². The van der Waals surface area contributed by atoms with Gasteiger partial charge in [0.15, 0.2) is 0 Å². The lowest BCUT2D eigenvalue weighted by Gasteiger charge is -2.10. The van der Waals surface area contributed by atoms with Crippen molar-refractivity contribution in [2.75, 3.05) is 5.32 Å². The van der Waals surface area contributed by atoms with Crippen LogP contribution in [0.3, 0.4) is 0 Å². The Kier molecular flexibility index (Phi) is 4.42. The van der Waals surface area contributed by atoms with Gasteiger partial charge < -0.3 is 9.72 Å². The average Bonchev–Trinajstić information content (AvgIpc) is 3.06. The van der Waals surface area contributed by atoms with E-state index in [0.29, 0.717) is 10.6 Å². The molecule has 134 valence electrons. The van der Waals surface area contributed by atoms with Crippen LogP contribution in [0, 0.1) is 13.8 Å². The number of halogens is 1. The van der Waals surface area contributed by atoms with Crippen molar-refractivity contribution in [1.29, 1.82) is 0 Å². The number of nitrogens with zero attached hydrogens (tertiary/aromatic N) is 2. The van der Waals surface area contributed by atoms with Crippen molar-refractivity contribution in [3.63, 3.8) is 0 Å². The lowest BCUT2D eigenvalue weighted by atomic mass is 10.1. The van der Waals surface area contributed by atoms with Gasteiger partial charge in [-0.05, 0) is 61.4 Å². The minimum atomic E-state index is -0.191. The van der Waals surface area contributed by atoms with Gasteiger partial charge in [-0.3, -0.25) is 4.79 Å². The summed E-state index contributed by atoms with van der Waals surface area (Å²) in [4.78, 5) is 17.3. The van der Waals surface area contributed by atoms with Crippen molar-refractivity contribution in [3.05, 3.63) is 88.7 Å². The Labute approximate surface area is 162 Å². The number of fused-ring (bicyclic) bond motifs is 1. The van der Waals surface area contributed by atoms with E-state index in [9.17, 15) is 4.79 Å². The number of hydrogen-bond donors (Lipinski definition) is 1. The smallest absolute Gasteiger partial charge is 0.255 e. The Morgan fingerprint density at radius 2 is 1.93 bits per heavy atom. The number of rotatable bonds is 3. The van der Waals surface area contributed by atoms with Gasteiger partial charge in [-0.15, -0.1) is 0 Å². The van der Waals surface area contributed by atoms with E-state index < -0.39 is 0 Å². The molecule has 0 aliphatic carbocycles. The van der Waals surface area contributed by atoms with E-state index in [0.717, 1.165) is 33.7 Å². The van der Waals surface area contributed by atoms with Gasteiger partial charge in [0.2, 0.25) is 0 Å². The maximum absolute atomic E-state index is 12.6. The van der Waals surface area contributed by atoms with Crippen LogP contribution in [-0.4, -0.2) is 15.3 Å². The van der Waals surface area contributed by atoms with Crippen molar-refractivity contribution < 1.29 is 4.79 Å². The fourth-order valence-electron chi connectivity index (χ4n) is 2.96. The summed E-state index contributed by atoms with van der Waals surface area (Å²) in [5, 5.41) is 3.51. The van der Waals surface area contributed by atoms with Crippen LogP contribution < -0.4 is 5.32 Å². The Balaban J connectivity index is 1.67. The summed E-state index contributed by atoms with van der Waals surface area (Å²) in [5.74, 6) is -0.191. The zero-order valence-corrected chi connectivity index (χ0v) is 15.8. The number of pyridine rings is 1. The van der Waals surface area contributed by atoms with Gasteiger partial charge in [-0.25, -0.2) is 4.98 Å². The van der Waals surface area contributed by atoms with E-state index in [2.05, 4.69) is 5.32 Å². The first-order chi connectivity index (χ1) is 13.0. The Morgan fingerprint density at radius 3 is 2.74 bits per heavy atom. The summed E-state index contributed by atoms with van der Waals surface area (Å²) < 4.78 is 1.99. The second kappa shape index (κ2) is 6.89. The van der Waals surface area contributed by atoms with E-state index in [4.69, 9.17) is 16.6 Å². The highest BCUT2D eigenvalue weighted by molar-refractivity contribution is 6.31. The predicted octanol–water partition coefficient (Wildman–Crippen LogP) is 5.52. The molecular formula is C22H18ClN3O. The summed E-state index contributed by atoms with van der Waals surface area (Å²) in [7, 11) is 0. The topological polar surface area (TPSA) is 46.4 Å². The largest absolute Gasteiger partial charge is 0.322 e. The number of hydrogen-bond acceptors (Lipinski definition) is 2. The third kappa shape index (κ3) is 3.57. The standard InChI is InChI=1S/C22H18ClN3O/c1-14-8-9-26-13-20(24-21(26)10-14)16-7-6-15(2)19(12-16)25-22(27)17-4-3-5-18(23)11-17/h3-13H,1-2H3,(H,25,27). The molecule has 4 rings (SSSR count). The van der Waals surface area contributed by atoms with Gasteiger partial charge in [0.05, 0.1) is 5.69 Å². The van der Waals surface area contributed by atoms with Crippen molar-refractivity contribution >= 4 is 28.8 Å². The molecule has 0 saturated carbocycles. The number of carbonyl (C=O) groups is 1. The summed E-state index contributed by atoms with van der Waals surface area (Å²) in [6, 6.07) is 16.9. The summed E-state index contributed by atoms with van der Waals surface area (Å²) in [6.07, 6.45) is 3.99. The van der Waals surface area contributed by atoms with Crippen molar-refractivity contribution in [2.24, 2.45) is 0 Å². The average molecular weight is 376 g/mol. The number of benzene rings is 2. The SMILES string of the molecule is Cc1ccn2cc(-c3ccc(C)c(NC(=O)c4cccc(Cl)c4)c3)nc2c1. The molecule has 0 radical (unpaired) electrons. The van der Waals surface area contributed by atoms with Crippen LogP contribution >= 0.6 is 11.6 Å². The number of aryl methyl sites for hydroxylation is 2. The molecular weight excluding hydrogens is 358 g/mol. The number of aromatic nitrogens is 2. The van der Waals surface area contributed by atoms with Crippen LogP contribution in [0.4, 0.5) is 5.69 Å². The zero-order chi connectivity index (χ0) is 19.0. The second-order valence-corrected chi connectivity index (χ2v) is 7.03. The van der Waals surface area contributed by atoms with Crippen LogP contribution in [0.1, 0.15) is 21.5 Å². The molecule has 4 aromatic rings. The summed E-state index contributed by atoms with van der Waals surface area (Å²) in [5.41, 5.74) is 6.13. The molecule has 0 unspecified atom stereocenters. The molecule has 0 fully saturated rings. The van der Waals surface area contributed by atoms with Gasteiger partial charge in [-0.2, -0.15) is 0 Å². The lowest BCUT2D eigenvalue weighted by Crippen LogP contribution is -2.12. The predicted molar refractivity (Wildman–Crippen MR) is 110 cm³/mol. The van der Waals surface area contributed by atoms with Crippen LogP contribution in [0.25, 0.3) is 16.9 Å². The summed E-state index contributed by atoms with van der Waals surface area (Å²) in [6.45, 7) is 4.01. The van der Waals surface area contributed by atoms with E-state index in [-0.39, 0.29) is 5.91 Å². The van der Waals surface area contributed by atoms with Crippen LogP contribution in [0.15, 0.2) is 67.0 Å². The lowest BCUT2D eigenvalue weighted by molar-refractivity contribution is 0.102. The molecule has 0 aliphatic rings. The molecule has 4 nitrogen and oxygen atoms in total. The minimum Gasteiger partial charge on any atom is -0.322 e. The highest BCUT2D eigenvalue weighted by atomic mass is 35.5. The number of amides is 1. The van der Waals surface area contributed by atoms with Crippen molar-refractivity contribution in [3.8, 4) is 11.3 Å². The minimum absolute atomic E-state index is 0.191. The fourth-order valence-corrected chi connectivity index (χ4v) is 3.15. The van der Waals surface area contributed by atoms with Gasteiger partial charge in [0, 0.05) is 34.2 Å². The molecule has 1 amide bonds. The van der Waals surface area contributed by atoms with Gasteiger partial charge in [-0.1, -0.05) is 29.8 Å². The Morgan fingerprint density at radius 1 is 1.07 bits per heavy atom. The fraction of sp³-hybridized carbons (Fsp3) is 0.0909. The molecule has 0 bridgehead atoms. The van der Waals surface area contributed by atoms with Crippen LogP contribution in [-0.2, 0) is 0 Å². The third-order valence-electron chi connectivity index (χ3n) is 4.48. The quantitative estimate of drug-likeness (QED) is 0.512. The molecule has 0 aliphatic heterocycles. The number of anilines is 1. The van der Waals surface area contributed by atoms with Gasteiger partial charge in [0.1, 0.15) is 5.65 Å². The van der Waals surface area contributed by atoms with Crippen LogP contribution in [0.5, 0.6) is 0 Å². The molecule has 2 aromatic heterocycles. The molecule has 27 heavy (non-hydrogen) atoms. The molecule has 1 N–H and O–H groups in total. The highest BCUT2D eigenvalue weighted by Gasteiger charge is 2.11. The highest BCUT2D eigenvalue weighted by Crippen LogP contribution is 2.26. The monoisotopic (exact) mass is 375 g/mol. The van der Waals surface area contributed by atoms with Gasteiger partial charge >= 0.3 is 0 Å². The molecule has 0 spiro atoms. The number of carbonyl (C=O) groups excluding carboxylic acids is 1. The van der Waals surface area contributed by atoms with Gasteiger partial charge in [0.25, 0.3) is 5.91 Å². The van der Waals surface area contributed by atoms with Crippen LogP contribution in [0.2, 0.25) is 5.02 Å². The van der Waals surface area contributed by atoms with Crippen molar-refractivity contribution in [2.45, 2.75) is 13.8 Å². The Bertz CT molecular complexity index is 1160. The molecule has 2 aromatic carbocycles. The normalized spacial score (nSPS) is 10.9. The van der Waals surface area contributed by atoms with E-state index in [1.165, 1.54) is 0 Å².